The highest BCUT2D eigenvalue weighted by Crippen LogP contribution is 2.28. The molecule has 10 heteroatoms. The van der Waals surface area contributed by atoms with Gasteiger partial charge in [-0.25, -0.2) is 4.68 Å². The van der Waals surface area contributed by atoms with E-state index in [1.165, 1.54) is 11.3 Å². The second kappa shape index (κ2) is 10.7. The third kappa shape index (κ3) is 6.23. The number of ether oxygens (including phenoxy) is 1. The summed E-state index contributed by atoms with van der Waals surface area (Å²) < 4.78 is 7.95. The Morgan fingerprint density at radius 1 is 1.24 bits per heavy atom. The molecule has 0 unspecified atom stereocenters. The number of anilines is 2. The molecular weight excluding hydrogens is 408 g/mol. The van der Waals surface area contributed by atoms with E-state index < -0.39 is 0 Å². The summed E-state index contributed by atoms with van der Waals surface area (Å²) >= 11 is 6.94. The summed E-state index contributed by atoms with van der Waals surface area (Å²) in [5.74, 6) is 0.869. The predicted octanol–water partition coefficient (Wildman–Crippen LogP) is 2.53. The number of rotatable bonds is 9. The van der Waals surface area contributed by atoms with E-state index in [0.29, 0.717) is 13.2 Å². The Balaban J connectivity index is 1.52. The van der Waals surface area contributed by atoms with Gasteiger partial charge < -0.3 is 15.4 Å². The number of methoxy groups -OCH3 is 1. The number of para-hydroxylation sites is 2. The van der Waals surface area contributed by atoms with Crippen molar-refractivity contribution in [2.24, 2.45) is 0 Å². The van der Waals surface area contributed by atoms with Crippen LogP contribution >= 0.6 is 23.6 Å². The van der Waals surface area contributed by atoms with Crippen molar-refractivity contribution in [2.75, 3.05) is 51.7 Å². The van der Waals surface area contributed by atoms with Gasteiger partial charge in [0.15, 0.2) is 3.95 Å². The van der Waals surface area contributed by atoms with Crippen LogP contribution in [0, 0.1) is 3.95 Å². The molecule has 1 amide bonds. The molecule has 0 spiro atoms. The van der Waals surface area contributed by atoms with Crippen LogP contribution in [0.5, 0.6) is 5.75 Å². The fourth-order valence-electron chi connectivity index (χ4n) is 3.11. The fourth-order valence-corrected chi connectivity index (χ4v) is 4.12. The summed E-state index contributed by atoms with van der Waals surface area (Å²) in [6.07, 6.45) is 0.960. The minimum absolute atomic E-state index is 0.106. The Morgan fingerprint density at radius 2 is 1.97 bits per heavy atom. The van der Waals surface area contributed by atoms with Gasteiger partial charge in [-0.15, -0.1) is 5.10 Å². The smallest absolute Gasteiger partial charge is 0.234 e. The Morgan fingerprint density at radius 3 is 2.69 bits per heavy atom. The lowest BCUT2D eigenvalue weighted by atomic mass is 10.3. The van der Waals surface area contributed by atoms with Crippen LogP contribution < -0.4 is 15.4 Å². The monoisotopic (exact) mass is 436 g/mol. The molecule has 0 bridgehead atoms. The van der Waals surface area contributed by atoms with Crippen molar-refractivity contribution in [1.29, 1.82) is 0 Å². The summed E-state index contributed by atoms with van der Waals surface area (Å²) in [5.41, 5.74) is 0.862. The Hall–Kier alpha value is -2.01. The second-order valence-electron chi connectivity index (χ2n) is 6.88. The first kappa shape index (κ1) is 21.7. The maximum atomic E-state index is 11.9. The van der Waals surface area contributed by atoms with Gasteiger partial charge in [-0.1, -0.05) is 30.4 Å². The van der Waals surface area contributed by atoms with Crippen LogP contribution in [0.2, 0.25) is 0 Å². The van der Waals surface area contributed by atoms with Gasteiger partial charge in [0.2, 0.25) is 11.0 Å². The maximum absolute atomic E-state index is 11.9. The minimum Gasteiger partial charge on any atom is -0.495 e. The van der Waals surface area contributed by atoms with E-state index in [1.807, 2.05) is 28.9 Å². The van der Waals surface area contributed by atoms with Crippen molar-refractivity contribution in [1.82, 2.24) is 24.9 Å². The molecule has 1 fully saturated rings. The Labute approximate surface area is 180 Å². The van der Waals surface area contributed by atoms with Gasteiger partial charge in [-0.3, -0.25) is 14.6 Å². The molecule has 1 saturated heterocycles. The number of piperazine rings is 1. The predicted molar refractivity (Wildman–Crippen MR) is 119 cm³/mol. The van der Waals surface area contributed by atoms with Gasteiger partial charge in [-0.2, -0.15) is 0 Å². The van der Waals surface area contributed by atoms with Crippen LogP contribution in [0.1, 0.15) is 13.3 Å². The van der Waals surface area contributed by atoms with Gasteiger partial charge in [0, 0.05) is 32.7 Å². The number of nitrogens with one attached hydrogen (secondary N) is 2. The quantitative estimate of drug-likeness (QED) is 0.585. The highest BCUT2D eigenvalue weighted by atomic mass is 32.1. The summed E-state index contributed by atoms with van der Waals surface area (Å²) in [5, 5.41) is 11.6. The van der Waals surface area contributed by atoms with E-state index in [4.69, 9.17) is 17.0 Å². The van der Waals surface area contributed by atoms with Crippen molar-refractivity contribution in [2.45, 2.75) is 20.0 Å². The van der Waals surface area contributed by atoms with Crippen LogP contribution in [-0.4, -0.2) is 71.9 Å². The molecule has 0 atom stereocenters. The molecule has 1 aromatic heterocycles. The third-order valence-electron chi connectivity index (χ3n) is 4.69. The van der Waals surface area contributed by atoms with Crippen LogP contribution in [-0.2, 0) is 11.5 Å². The van der Waals surface area contributed by atoms with E-state index in [9.17, 15) is 4.79 Å². The molecule has 2 heterocycles. The van der Waals surface area contributed by atoms with Crippen molar-refractivity contribution in [3.63, 3.8) is 0 Å². The summed E-state index contributed by atoms with van der Waals surface area (Å²) in [7, 11) is 1.65. The molecule has 8 nitrogen and oxygen atoms in total. The molecule has 1 aliphatic heterocycles. The van der Waals surface area contributed by atoms with Crippen molar-refractivity contribution < 1.29 is 9.53 Å². The zero-order valence-corrected chi connectivity index (χ0v) is 18.5. The summed E-state index contributed by atoms with van der Waals surface area (Å²) in [4.78, 5) is 16.4. The van der Waals surface area contributed by atoms with Crippen LogP contribution in [0.25, 0.3) is 0 Å². The van der Waals surface area contributed by atoms with E-state index in [2.05, 4.69) is 32.5 Å². The zero-order valence-electron chi connectivity index (χ0n) is 16.9. The summed E-state index contributed by atoms with van der Waals surface area (Å²) in [6.45, 7) is 7.42. The zero-order chi connectivity index (χ0) is 20.6. The molecule has 0 aliphatic carbocycles. The van der Waals surface area contributed by atoms with Crippen LogP contribution in [0.3, 0.4) is 0 Å². The average molecular weight is 437 g/mol. The van der Waals surface area contributed by atoms with Gasteiger partial charge in [0.1, 0.15) is 5.75 Å². The molecule has 2 N–H and O–H groups in total. The van der Waals surface area contributed by atoms with Crippen molar-refractivity contribution in [3.05, 3.63) is 28.2 Å². The minimum atomic E-state index is 0.106. The molecule has 29 heavy (non-hydrogen) atoms. The lowest BCUT2D eigenvalue weighted by Crippen LogP contribution is -2.49. The lowest BCUT2D eigenvalue weighted by Gasteiger charge is -2.33. The SMILES string of the molecule is CCCNC(=O)CN1CCN(Cn2nc(Nc3ccccc3OC)sc2=S)CC1. The van der Waals surface area contributed by atoms with Gasteiger partial charge in [0.25, 0.3) is 0 Å². The average Bonchev–Trinajstić information content (AvgIpc) is 3.07. The number of carbonyl (C=O) groups excluding carboxylic acids is 1. The molecule has 0 saturated carbocycles. The molecule has 0 radical (unpaired) electrons. The Kier molecular flexibility index (Phi) is 7.99. The fraction of sp³-hybridized carbons (Fsp3) is 0.526. The molecular formula is C19H28N6O2S2. The van der Waals surface area contributed by atoms with E-state index in [0.717, 1.165) is 59.7 Å². The van der Waals surface area contributed by atoms with Gasteiger partial charge >= 0.3 is 0 Å². The van der Waals surface area contributed by atoms with E-state index in [-0.39, 0.29) is 5.91 Å². The Bertz CT molecular complexity index is 860. The highest BCUT2D eigenvalue weighted by Gasteiger charge is 2.19. The van der Waals surface area contributed by atoms with Crippen LogP contribution in [0.4, 0.5) is 10.8 Å². The molecule has 3 rings (SSSR count). The third-order valence-corrected chi connectivity index (χ3v) is 5.92. The lowest BCUT2D eigenvalue weighted by molar-refractivity contribution is -0.122. The van der Waals surface area contributed by atoms with Crippen molar-refractivity contribution in [3.8, 4) is 5.75 Å². The summed E-state index contributed by atoms with van der Waals surface area (Å²) in [6, 6.07) is 7.73. The largest absolute Gasteiger partial charge is 0.495 e. The number of nitrogens with zero attached hydrogens (tertiary/aromatic N) is 4. The number of amides is 1. The molecule has 2 aromatic rings. The topological polar surface area (TPSA) is 74.7 Å². The van der Waals surface area contributed by atoms with Gasteiger partial charge in [0.05, 0.1) is 26.0 Å². The second-order valence-corrected chi connectivity index (χ2v) is 8.51. The molecule has 1 aromatic carbocycles. The molecule has 1 aliphatic rings. The number of benzene rings is 1. The first-order valence-corrected chi connectivity index (χ1v) is 11.0. The number of hydrogen-bond donors (Lipinski definition) is 2. The first-order chi connectivity index (χ1) is 14.1. The standard InChI is InChI=1S/C19H28N6O2S2/c1-3-8-20-17(26)13-23-9-11-24(12-10-23)14-25-19(28)29-18(22-25)21-15-6-4-5-7-16(15)27-2/h4-7H,3,8-14H2,1-2H3,(H,20,26)(H,21,22). The highest BCUT2D eigenvalue weighted by molar-refractivity contribution is 7.73. The number of hydrogen-bond acceptors (Lipinski definition) is 8. The van der Waals surface area contributed by atoms with Crippen molar-refractivity contribution >= 4 is 40.3 Å². The van der Waals surface area contributed by atoms with E-state index >= 15 is 0 Å². The van der Waals surface area contributed by atoms with Crippen LogP contribution in [0.15, 0.2) is 24.3 Å². The van der Waals surface area contributed by atoms with E-state index in [1.54, 1.807) is 7.11 Å². The normalized spacial score (nSPS) is 15.2. The number of aromatic nitrogens is 2. The van der Waals surface area contributed by atoms with Gasteiger partial charge in [-0.05, 0) is 30.8 Å². The maximum Gasteiger partial charge on any atom is 0.234 e. The first-order valence-electron chi connectivity index (χ1n) is 9.78. The number of carbonyl (C=O) groups is 1. The molecule has 158 valence electrons.